The topological polar surface area (TPSA) is 61.2 Å². The second kappa shape index (κ2) is 5.69. The number of ketones is 1. The van der Waals surface area contributed by atoms with E-state index in [9.17, 15) is 9.59 Å². The lowest BCUT2D eigenvalue weighted by atomic mass is 10.2. The van der Waals surface area contributed by atoms with Crippen LogP contribution in [-0.4, -0.2) is 33.9 Å². The standard InChI is InChI=1S/C10H14N2O3S/c1-4-16-6-8(13)7-5-11-10(15-3)12(2)9(7)14/h5H,4,6H2,1-3H3. The summed E-state index contributed by atoms with van der Waals surface area (Å²) in [6, 6.07) is 0.199. The van der Waals surface area contributed by atoms with Crippen molar-refractivity contribution in [3.8, 4) is 6.01 Å². The van der Waals surface area contributed by atoms with Gasteiger partial charge in [-0.1, -0.05) is 6.92 Å². The fourth-order valence-corrected chi connectivity index (χ4v) is 1.73. The molecule has 0 radical (unpaired) electrons. The lowest BCUT2D eigenvalue weighted by molar-refractivity contribution is 0.102. The molecule has 0 aromatic carbocycles. The zero-order chi connectivity index (χ0) is 12.1. The lowest BCUT2D eigenvalue weighted by Gasteiger charge is -2.06. The van der Waals surface area contributed by atoms with Gasteiger partial charge in [-0.2, -0.15) is 11.8 Å². The second-order valence-electron chi connectivity index (χ2n) is 3.08. The first-order valence-electron chi connectivity index (χ1n) is 4.82. The summed E-state index contributed by atoms with van der Waals surface area (Å²) in [6.07, 6.45) is 1.28. The van der Waals surface area contributed by atoms with Gasteiger partial charge in [0.15, 0.2) is 5.78 Å². The molecule has 0 bridgehead atoms. The molecular weight excluding hydrogens is 228 g/mol. The average molecular weight is 242 g/mol. The number of hydrogen-bond acceptors (Lipinski definition) is 5. The Morgan fingerprint density at radius 2 is 2.31 bits per heavy atom. The van der Waals surface area contributed by atoms with Crippen molar-refractivity contribution in [2.45, 2.75) is 6.92 Å². The quantitative estimate of drug-likeness (QED) is 0.712. The van der Waals surface area contributed by atoms with Gasteiger partial charge >= 0.3 is 0 Å². The van der Waals surface area contributed by atoms with E-state index in [1.165, 1.54) is 36.7 Å². The van der Waals surface area contributed by atoms with Gasteiger partial charge in [-0.15, -0.1) is 0 Å². The SMILES string of the molecule is CCSCC(=O)c1cnc(OC)n(C)c1=O. The van der Waals surface area contributed by atoms with Crippen LogP contribution in [0.25, 0.3) is 0 Å². The summed E-state index contributed by atoms with van der Waals surface area (Å²) in [5.41, 5.74) is -0.252. The Kier molecular flexibility index (Phi) is 4.54. The number of carbonyl (C=O) groups is 1. The van der Waals surface area contributed by atoms with E-state index >= 15 is 0 Å². The van der Waals surface area contributed by atoms with Crippen LogP contribution in [0, 0.1) is 0 Å². The number of Topliss-reactive ketones (excluding diaryl/α,β-unsaturated/α-hetero) is 1. The molecule has 0 unspecified atom stereocenters. The van der Waals surface area contributed by atoms with Crippen LogP contribution >= 0.6 is 11.8 Å². The molecule has 16 heavy (non-hydrogen) atoms. The van der Waals surface area contributed by atoms with Gasteiger partial charge in [-0.25, -0.2) is 4.98 Å². The van der Waals surface area contributed by atoms with E-state index in [4.69, 9.17) is 4.74 Å². The molecule has 0 amide bonds. The minimum absolute atomic E-state index is 0.115. The summed E-state index contributed by atoms with van der Waals surface area (Å²) in [5.74, 6) is 0.956. The minimum atomic E-state index is -0.367. The van der Waals surface area contributed by atoms with Gasteiger partial charge in [-0.05, 0) is 5.75 Å². The van der Waals surface area contributed by atoms with Crippen LogP contribution in [0.4, 0.5) is 0 Å². The van der Waals surface area contributed by atoms with Crippen LogP contribution in [-0.2, 0) is 7.05 Å². The largest absolute Gasteiger partial charge is 0.468 e. The first kappa shape index (κ1) is 12.8. The molecule has 0 aliphatic carbocycles. The van der Waals surface area contributed by atoms with E-state index in [1.54, 1.807) is 0 Å². The van der Waals surface area contributed by atoms with Crippen molar-refractivity contribution < 1.29 is 9.53 Å². The first-order valence-corrected chi connectivity index (χ1v) is 5.98. The van der Waals surface area contributed by atoms with E-state index in [1.807, 2.05) is 6.92 Å². The number of thioether (sulfide) groups is 1. The van der Waals surface area contributed by atoms with Crippen LogP contribution in [0.3, 0.4) is 0 Å². The van der Waals surface area contributed by atoms with E-state index < -0.39 is 0 Å². The fraction of sp³-hybridized carbons (Fsp3) is 0.500. The van der Waals surface area contributed by atoms with Gasteiger partial charge in [-0.3, -0.25) is 14.2 Å². The third kappa shape index (κ3) is 2.63. The highest BCUT2D eigenvalue weighted by Crippen LogP contribution is 2.05. The van der Waals surface area contributed by atoms with Crippen molar-refractivity contribution in [1.82, 2.24) is 9.55 Å². The number of methoxy groups -OCH3 is 1. The number of carbonyl (C=O) groups excluding carboxylic acids is 1. The smallest absolute Gasteiger partial charge is 0.298 e. The number of ether oxygens (including phenoxy) is 1. The van der Waals surface area contributed by atoms with Gasteiger partial charge in [0.05, 0.1) is 12.9 Å². The molecule has 5 nitrogen and oxygen atoms in total. The van der Waals surface area contributed by atoms with Crippen molar-refractivity contribution in [2.24, 2.45) is 7.05 Å². The number of rotatable bonds is 5. The van der Waals surface area contributed by atoms with Crippen LogP contribution in [0.2, 0.25) is 0 Å². The molecule has 0 saturated carbocycles. The van der Waals surface area contributed by atoms with E-state index in [0.717, 1.165) is 5.75 Å². The van der Waals surface area contributed by atoms with Crippen LogP contribution in [0.1, 0.15) is 17.3 Å². The molecule has 88 valence electrons. The van der Waals surface area contributed by atoms with Crippen molar-refractivity contribution >= 4 is 17.5 Å². The maximum Gasteiger partial charge on any atom is 0.298 e. The van der Waals surface area contributed by atoms with Gasteiger partial charge < -0.3 is 4.74 Å². The summed E-state index contributed by atoms with van der Waals surface area (Å²) in [7, 11) is 2.95. The van der Waals surface area contributed by atoms with Crippen molar-refractivity contribution in [3.05, 3.63) is 22.1 Å². The fourth-order valence-electron chi connectivity index (χ4n) is 1.18. The first-order chi connectivity index (χ1) is 7.61. The Labute approximate surface area is 97.8 Å². The molecule has 1 rings (SSSR count). The van der Waals surface area contributed by atoms with E-state index in [-0.39, 0.29) is 22.9 Å². The Balaban J connectivity index is 3.03. The van der Waals surface area contributed by atoms with Crippen LogP contribution in [0.5, 0.6) is 6.01 Å². The molecule has 6 heteroatoms. The highest BCUT2D eigenvalue weighted by molar-refractivity contribution is 7.99. The highest BCUT2D eigenvalue weighted by Gasteiger charge is 2.14. The van der Waals surface area contributed by atoms with Crippen molar-refractivity contribution in [3.63, 3.8) is 0 Å². The third-order valence-electron chi connectivity index (χ3n) is 2.05. The maximum atomic E-state index is 11.8. The molecule has 1 aromatic rings. The third-order valence-corrected chi connectivity index (χ3v) is 2.92. The Morgan fingerprint density at radius 3 is 2.88 bits per heavy atom. The normalized spacial score (nSPS) is 10.2. The second-order valence-corrected chi connectivity index (χ2v) is 4.36. The zero-order valence-corrected chi connectivity index (χ0v) is 10.3. The molecule has 0 saturated heterocycles. The molecular formula is C10H14N2O3S. The molecule has 1 heterocycles. The Morgan fingerprint density at radius 1 is 1.62 bits per heavy atom. The van der Waals surface area contributed by atoms with Gasteiger partial charge in [0.1, 0.15) is 5.56 Å². The monoisotopic (exact) mass is 242 g/mol. The number of aromatic nitrogens is 2. The van der Waals surface area contributed by atoms with Crippen molar-refractivity contribution in [1.29, 1.82) is 0 Å². The van der Waals surface area contributed by atoms with Crippen LogP contribution < -0.4 is 10.3 Å². The average Bonchev–Trinajstić information content (AvgIpc) is 2.29. The molecule has 0 aliphatic rings. The number of hydrogen-bond donors (Lipinski definition) is 0. The molecule has 0 spiro atoms. The molecule has 0 fully saturated rings. The predicted molar refractivity (Wildman–Crippen MR) is 63.4 cm³/mol. The molecule has 1 aromatic heterocycles. The Bertz CT molecular complexity index is 442. The predicted octanol–water partition coefficient (Wildman–Crippen LogP) is 0.725. The van der Waals surface area contributed by atoms with Crippen molar-refractivity contribution in [2.75, 3.05) is 18.6 Å². The summed E-state index contributed by atoms with van der Waals surface area (Å²) in [5, 5.41) is 0. The molecule has 0 aliphatic heterocycles. The van der Waals surface area contributed by atoms with E-state index in [2.05, 4.69) is 4.98 Å². The lowest BCUT2D eigenvalue weighted by Crippen LogP contribution is -2.26. The Hall–Kier alpha value is -1.30. The maximum absolute atomic E-state index is 11.8. The van der Waals surface area contributed by atoms with E-state index in [0.29, 0.717) is 5.75 Å². The summed E-state index contributed by atoms with van der Waals surface area (Å²) in [6.45, 7) is 1.96. The summed E-state index contributed by atoms with van der Waals surface area (Å²) < 4.78 is 6.10. The molecule has 0 N–H and O–H groups in total. The van der Waals surface area contributed by atoms with Gasteiger partial charge in [0.2, 0.25) is 0 Å². The van der Waals surface area contributed by atoms with Gasteiger partial charge in [0.25, 0.3) is 11.6 Å². The van der Waals surface area contributed by atoms with Gasteiger partial charge in [0, 0.05) is 13.2 Å². The summed E-state index contributed by atoms with van der Waals surface area (Å²) >= 11 is 1.48. The molecule has 0 atom stereocenters. The van der Waals surface area contributed by atoms with Crippen LogP contribution in [0.15, 0.2) is 11.0 Å². The summed E-state index contributed by atoms with van der Waals surface area (Å²) in [4.78, 5) is 27.3. The zero-order valence-electron chi connectivity index (χ0n) is 9.52. The minimum Gasteiger partial charge on any atom is -0.468 e. The highest BCUT2D eigenvalue weighted by atomic mass is 32.2. The number of nitrogens with zero attached hydrogens (tertiary/aromatic N) is 2.